The molecule has 0 amide bonds. The second-order valence-corrected chi connectivity index (χ2v) is 22.8. The summed E-state index contributed by atoms with van der Waals surface area (Å²) >= 11 is 7.10. The van der Waals surface area contributed by atoms with Crippen molar-refractivity contribution in [3.05, 3.63) is 53.9 Å². The molecular weight excluding hydrogens is 633 g/mol. The molecule has 0 nitrogen and oxygen atoms in total. The van der Waals surface area contributed by atoms with Crippen LogP contribution in [0.15, 0.2) is 53.9 Å². The monoisotopic (exact) mass is 642 g/mol. The SMILES string of the molecule is I[I-]I.c1ccc(-c2cc(-c3cccs3)s[s+]2)cc1. The Morgan fingerprint density at radius 2 is 1.68 bits per heavy atom. The van der Waals surface area contributed by atoms with Crippen molar-refractivity contribution in [2.45, 2.75) is 0 Å². The second-order valence-electron chi connectivity index (χ2n) is 3.44. The summed E-state index contributed by atoms with van der Waals surface area (Å²) in [6.07, 6.45) is 0. The molecule has 3 aromatic rings. The van der Waals surface area contributed by atoms with E-state index in [1.807, 2.05) is 20.7 Å². The molecular formula is C13H9I3S3. The van der Waals surface area contributed by atoms with Crippen LogP contribution in [0.1, 0.15) is 0 Å². The molecule has 19 heavy (non-hydrogen) atoms. The van der Waals surface area contributed by atoms with E-state index < -0.39 is 0 Å². The van der Waals surface area contributed by atoms with Gasteiger partial charge in [0.2, 0.25) is 0 Å². The Balaban J connectivity index is 0.000000408. The Morgan fingerprint density at radius 3 is 2.32 bits per heavy atom. The van der Waals surface area contributed by atoms with Gasteiger partial charge in [0.1, 0.15) is 4.88 Å². The molecule has 0 aliphatic carbocycles. The Bertz CT molecular complexity index is 591. The fourth-order valence-corrected chi connectivity index (χ4v) is 4.94. The largest absolute Gasteiger partial charge is 0.301 e. The quantitative estimate of drug-likeness (QED) is 0.223. The molecule has 2 aromatic heterocycles. The van der Waals surface area contributed by atoms with Crippen LogP contribution in [-0.2, 0) is 0 Å². The fourth-order valence-electron chi connectivity index (χ4n) is 1.52. The summed E-state index contributed by atoms with van der Waals surface area (Å²) in [5.74, 6) is 0. The summed E-state index contributed by atoms with van der Waals surface area (Å²) in [5, 5.41) is 2.13. The standard InChI is InChI=1S/C13H9S3.I3/c1-2-5-10(6-3-1)12-9-13(16-15-12)11-7-4-8-14-11;1-3-2/h1-9H;/q+1;-1. The molecule has 0 unspecified atom stereocenters. The average Bonchev–Trinajstić information content (AvgIpc) is 3.12. The maximum absolute atomic E-state index is 2.39. The Kier molecular flexibility index (Phi) is 8.03. The van der Waals surface area contributed by atoms with E-state index in [1.165, 1.54) is 20.2 Å². The van der Waals surface area contributed by atoms with Gasteiger partial charge in [0.05, 0.1) is 0 Å². The molecule has 6 heteroatoms. The Labute approximate surface area is 154 Å². The van der Waals surface area contributed by atoms with Crippen molar-refractivity contribution in [1.82, 2.24) is 0 Å². The molecule has 0 fully saturated rings. The molecule has 0 saturated carbocycles. The number of rotatable bonds is 2. The van der Waals surface area contributed by atoms with Gasteiger partial charge in [-0.1, -0.05) is 24.3 Å². The predicted molar refractivity (Wildman–Crippen MR) is 103 cm³/mol. The van der Waals surface area contributed by atoms with Gasteiger partial charge in [-0.2, -0.15) is 0 Å². The molecule has 3 rings (SSSR count). The van der Waals surface area contributed by atoms with E-state index in [4.69, 9.17) is 0 Å². The van der Waals surface area contributed by atoms with Gasteiger partial charge < -0.3 is 0 Å². The van der Waals surface area contributed by atoms with Crippen LogP contribution < -0.4 is 13.3 Å². The van der Waals surface area contributed by atoms with Gasteiger partial charge in [-0.3, -0.25) is 0 Å². The van der Waals surface area contributed by atoms with Gasteiger partial charge >= 0.3 is 60.8 Å². The second kappa shape index (κ2) is 9.23. The normalized spacial score (nSPS) is 10.0. The number of halogens is 3. The smallest absolute Gasteiger partial charge is 0.143 e. The summed E-state index contributed by atoms with van der Waals surface area (Å²) in [4.78, 5) is 4.09. The van der Waals surface area contributed by atoms with Crippen molar-refractivity contribution < 1.29 is 13.3 Å². The van der Waals surface area contributed by atoms with E-state index in [9.17, 15) is 0 Å². The molecule has 0 aliphatic heterocycles. The first kappa shape index (κ1) is 16.5. The zero-order valence-corrected chi connectivity index (χ0v) is 18.5. The summed E-state index contributed by atoms with van der Waals surface area (Å²) in [7, 11) is 3.70. The van der Waals surface area contributed by atoms with Crippen molar-refractivity contribution in [2.75, 3.05) is 0 Å². The molecule has 0 saturated heterocycles. The Hall–Kier alpha value is 1.16. The van der Waals surface area contributed by atoms with E-state index >= 15 is 0 Å². The minimum absolute atomic E-state index is 0.530. The maximum atomic E-state index is 2.39. The molecule has 1 aromatic carbocycles. The fraction of sp³-hybridized carbons (Fsp3) is 0. The molecule has 0 bridgehead atoms. The first-order valence-corrected chi connectivity index (χ1v) is 20.8. The first-order chi connectivity index (χ1) is 9.35. The molecule has 0 aliphatic rings. The van der Waals surface area contributed by atoms with Gasteiger partial charge in [-0.25, -0.2) is 0 Å². The first-order valence-electron chi connectivity index (χ1n) is 5.24. The summed E-state index contributed by atoms with van der Waals surface area (Å²) < 4.78 is 0. The van der Waals surface area contributed by atoms with Crippen LogP contribution in [0.2, 0.25) is 0 Å². The minimum atomic E-state index is 0.530. The molecule has 0 spiro atoms. The van der Waals surface area contributed by atoms with Crippen LogP contribution in [0, 0.1) is 0 Å². The van der Waals surface area contributed by atoms with E-state index in [1.54, 1.807) is 11.3 Å². The zero-order valence-electron chi connectivity index (χ0n) is 9.55. The number of benzene rings is 1. The predicted octanol–water partition coefficient (Wildman–Crippen LogP) is 4.26. The number of hydrogen-bond donors (Lipinski definition) is 0. The Morgan fingerprint density at radius 1 is 0.947 bits per heavy atom. The topological polar surface area (TPSA) is 0 Å². The van der Waals surface area contributed by atoms with Crippen molar-refractivity contribution in [2.24, 2.45) is 0 Å². The number of thiophene rings is 1. The molecule has 0 radical (unpaired) electrons. The minimum Gasteiger partial charge on any atom is -0.143 e. The molecule has 0 N–H and O–H groups in total. The van der Waals surface area contributed by atoms with Crippen molar-refractivity contribution in [3.63, 3.8) is 0 Å². The van der Waals surface area contributed by atoms with Gasteiger partial charge in [0.25, 0.3) is 4.88 Å². The summed E-state index contributed by atoms with van der Waals surface area (Å²) in [5.41, 5.74) is 1.31. The summed E-state index contributed by atoms with van der Waals surface area (Å²) in [6.45, 7) is 0. The van der Waals surface area contributed by atoms with Crippen molar-refractivity contribution in [1.29, 1.82) is 0 Å². The van der Waals surface area contributed by atoms with E-state index in [0.717, 1.165) is 0 Å². The average molecular weight is 642 g/mol. The van der Waals surface area contributed by atoms with Gasteiger partial charge in [0, 0.05) is 16.5 Å². The van der Waals surface area contributed by atoms with Crippen LogP contribution in [-0.4, -0.2) is 0 Å². The van der Waals surface area contributed by atoms with Crippen molar-refractivity contribution in [3.8, 4) is 20.2 Å². The van der Waals surface area contributed by atoms with E-state index in [-0.39, 0.29) is 0 Å². The van der Waals surface area contributed by atoms with Gasteiger partial charge in [-0.05, 0) is 23.6 Å². The van der Waals surface area contributed by atoms with Crippen LogP contribution >= 0.6 is 69.2 Å². The van der Waals surface area contributed by atoms with Gasteiger partial charge in [0.15, 0.2) is 10.3 Å². The van der Waals surface area contributed by atoms with E-state index in [0.29, 0.717) is 13.3 Å². The maximum Gasteiger partial charge on any atom is 0.301 e. The van der Waals surface area contributed by atoms with Crippen LogP contribution in [0.4, 0.5) is 0 Å². The van der Waals surface area contributed by atoms with E-state index in [2.05, 4.69) is 91.1 Å². The third-order valence-electron chi connectivity index (χ3n) is 2.31. The molecule has 2 heterocycles. The zero-order chi connectivity index (χ0) is 13.5. The van der Waals surface area contributed by atoms with Gasteiger partial charge in [-0.15, -0.1) is 11.3 Å². The third-order valence-corrected chi connectivity index (χ3v) is 5.80. The van der Waals surface area contributed by atoms with Crippen LogP contribution in [0.5, 0.6) is 0 Å². The molecule has 0 atom stereocenters. The third kappa shape index (κ3) is 5.13. The van der Waals surface area contributed by atoms with Crippen molar-refractivity contribution >= 4 is 69.2 Å². The number of hydrogen-bond acceptors (Lipinski definition) is 2. The molecule has 100 valence electrons. The summed E-state index contributed by atoms with van der Waals surface area (Å²) in [6, 6.07) is 17.1. The van der Waals surface area contributed by atoms with Crippen LogP contribution in [0.25, 0.3) is 20.2 Å². The van der Waals surface area contributed by atoms with Crippen LogP contribution in [0.3, 0.4) is 0 Å².